The number of nitro groups is 1. The maximum Gasteiger partial charge on any atom is 0.276 e. The molecule has 2 aromatic heterocycles. The second-order valence-corrected chi connectivity index (χ2v) is 5.68. The van der Waals surface area contributed by atoms with Crippen LogP contribution in [0.15, 0.2) is 41.3 Å². The van der Waals surface area contributed by atoms with E-state index in [0.717, 1.165) is 36.2 Å². The summed E-state index contributed by atoms with van der Waals surface area (Å²) in [6.07, 6.45) is 4.43. The molecule has 7 heteroatoms. The summed E-state index contributed by atoms with van der Waals surface area (Å²) in [7, 11) is 0. The Labute approximate surface area is 138 Å². The van der Waals surface area contributed by atoms with Crippen LogP contribution in [0.25, 0.3) is 11.0 Å². The molecule has 0 spiro atoms. The molecule has 1 N–H and O–H groups in total. The van der Waals surface area contributed by atoms with Gasteiger partial charge in [-0.05, 0) is 18.1 Å². The van der Waals surface area contributed by atoms with Crippen molar-refractivity contribution in [2.75, 3.05) is 0 Å². The van der Waals surface area contributed by atoms with Crippen LogP contribution in [0, 0.1) is 10.1 Å². The fourth-order valence-electron chi connectivity index (χ4n) is 2.72. The van der Waals surface area contributed by atoms with Gasteiger partial charge >= 0.3 is 0 Å². The van der Waals surface area contributed by atoms with Crippen molar-refractivity contribution in [1.29, 1.82) is 0 Å². The third kappa shape index (κ3) is 3.05. The second kappa shape index (κ2) is 6.66. The van der Waals surface area contributed by atoms with E-state index in [-0.39, 0.29) is 11.2 Å². The predicted molar refractivity (Wildman–Crippen MR) is 91.2 cm³/mol. The second-order valence-electron chi connectivity index (χ2n) is 5.68. The number of benzene rings is 1. The summed E-state index contributed by atoms with van der Waals surface area (Å²) in [6.45, 7) is 2.63. The number of hydrogen-bond acceptors (Lipinski definition) is 4. The first kappa shape index (κ1) is 15.9. The summed E-state index contributed by atoms with van der Waals surface area (Å²) < 4.78 is 2.02. The molecule has 3 rings (SSSR count). The highest BCUT2D eigenvalue weighted by Crippen LogP contribution is 2.18. The van der Waals surface area contributed by atoms with E-state index in [1.165, 1.54) is 12.1 Å². The Morgan fingerprint density at radius 2 is 2.00 bits per heavy atom. The van der Waals surface area contributed by atoms with E-state index in [0.29, 0.717) is 12.1 Å². The molecule has 124 valence electrons. The number of non-ortho nitro benzene ring substituents is 1. The molecule has 0 saturated carbocycles. The summed E-state index contributed by atoms with van der Waals surface area (Å²) in [5, 5.41) is 10.8. The number of hydrogen-bond donors (Lipinski definition) is 1. The van der Waals surface area contributed by atoms with Crippen molar-refractivity contribution in [2.24, 2.45) is 0 Å². The minimum Gasteiger partial charge on any atom is -0.327 e. The van der Waals surface area contributed by atoms with Gasteiger partial charge in [-0.25, -0.2) is 4.98 Å². The fourth-order valence-corrected chi connectivity index (χ4v) is 2.72. The van der Waals surface area contributed by atoms with E-state index < -0.39 is 4.92 Å². The van der Waals surface area contributed by atoms with E-state index >= 15 is 0 Å². The smallest absolute Gasteiger partial charge is 0.276 e. The van der Waals surface area contributed by atoms with Crippen LogP contribution in [-0.4, -0.2) is 19.5 Å². The van der Waals surface area contributed by atoms with Gasteiger partial charge in [0.1, 0.15) is 5.82 Å². The number of nitrogens with one attached hydrogen (secondary N) is 1. The molecule has 7 nitrogen and oxygen atoms in total. The van der Waals surface area contributed by atoms with Crippen LogP contribution in [0.4, 0.5) is 5.69 Å². The van der Waals surface area contributed by atoms with Crippen LogP contribution in [0.2, 0.25) is 0 Å². The topological polar surface area (TPSA) is 93.8 Å². The molecule has 0 fully saturated rings. The lowest BCUT2D eigenvalue weighted by atomic mass is 10.2. The van der Waals surface area contributed by atoms with Crippen LogP contribution in [0.3, 0.4) is 0 Å². The quantitative estimate of drug-likeness (QED) is 0.556. The first-order valence-electron chi connectivity index (χ1n) is 7.90. The molecule has 0 radical (unpaired) electrons. The Bertz CT molecular complexity index is 925. The highest BCUT2D eigenvalue weighted by atomic mass is 16.6. The summed E-state index contributed by atoms with van der Waals surface area (Å²) in [6, 6.07) is 8.30. The Morgan fingerprint density at radius 3 is 2.67 bits per heavy atom. The predicted octanol–water partition coefficient (Wildman–Crippen LogP) is 3.02. The van der Waals surface area contributed by atoms with Crippen molar-refractivity contribution in [3.63, 3.8) is 0 Å². The van der Waals surface area contributed by atoms with Crippen LogP contribution in [-0.2, 0) is 13.0 Å². The largest absolute Gasteiger partial charge is 0.327 e. The highest BCUT2D eigenvalue weighted by molar-refractivity contribution is 5.74. The number of aromatic amines is 1. The van der Waals surface area contributed by atoms with Crippen LogP contribution < -0.4 is 5.56 Å². The SMILES string of the molecule is CCCCc1nc2c(=O)[nH]ccc2n1Cc1ccc([N+](=O)[O-])cc1. The van der Waals surface area contributed by atoms with E-state index in [4.69, 9.17) is 0 Å². The number of unbranched alkanes of at least 4 members (excludes halogenated alkanes) is 1. The van der Waals surface area contributed by atoms with Gasteiger partial charge in [0.15, 0.2) is 5.52 Å². The Morgan fingerprint density at radius 1 is 1.25 bits per heavy atom. The molecule has 0 atom stereocenters. The van der Waals surface area contributed by atoms with Crippen LogP contribution >= 0.6 is 0 Å². The van der Waals surface area contributed by atoms with Gasteiger partial charge in [-0.2, -0.15) is 0 Å². The molecule has 0 amide bonds. The number of nitro benzene ring substituents is 1. The number of H-pyrrole nitrogens is 1. The molecule has 2 heterocycles. The molecule has 0 aliphatic carbocycles. The third-order valence-electron chi connectivity index (χ3n) is 4.00. The molecule has 24 heavy (non-hydrogen) atoms. The molecule has 0 saturated heterocycles. The summed E-state index contributed by atoms with van der Waals surface area (Å²) >= 11 is 0. The number of aromatic nitrogens is 3. The molecule has 3 aromatic rings. The Balaban J connectivity index is 2.01. The molecule has 0 bridgehead atoms. The number of fused-ring (bicyclic) bond motifs is 1. The minimum atomic E-state index is -0.414. The van der Waals surface area contributed by atoms with Gasteiger partial charge in [0, 0.05) is 31.3 Å². The lowest BCUT2D eigenvalue weighted by Gasteiger charge is -2.09. The Hall–Kier alpha value is -2.96. The summed E-state index contributed by atoms with van der Waals surface area (Å²) in [4.78, 5) is 29.5. The number of imidazole rings is 1. The molecule has 0 aliphatic rings. The highest BCUT2D eigenvalue weighted by Gasteiger charge is 2.13. The van der Waals surface area contributed by atoms with Crippen molar-refractivity contribution in [1.82, 2.24) is 14.5 Å². The maximum atomic E-state index is 12.0. The van der Waals surface area contributed by atoms with E-state index in [9.17, 15) is 14.9 Å². The van der Waals surface area contributed by atoms with Crippen molar-refractivity contribution >= 4 is 16.7 Å². The van der Waals surface area contributed by atoms with Gasteiger partial charge in [0.05, 0.1) is 10.4 Å². The maximum absolute atomic E-state index is 12.0. The number of nitrogens with zero attached hydrogens (tertiary/aromatic N) is 3. The van der Waals surface area contributed by atoms with E-state index in [2.05, 4.69) is 16.9 Å². The van der Waals surface area contributed by atoms with Crippen molar-refractivity contribution < 1.29 is 4.92 Å². The number of aryl methyl sites for hydroxylation is 1. The van der Waals surface area contributed by atoms with Crippen molar-refractivity contribution in [3.8, 4) is 0 Å². The standard InChI is InChI=1S/C17H18N4O3/c1-2-3-4-15-19-16-14(9-10-18-17(16)22)20(15)11-12-5-7-13(8-6-12)21(23)24/h5-10H,2-4,11H2,1H3,(H,18,22). The third-order valence-corrected chi connectivity index (χ3v) is 4.00. The van der Waals surface area contributed by atoms with Gasteiger partial charge in [-0.15, -0.1) is 0 Å². The molecular formula is C17H18N4O3. The van der Waals surface area contributed by atoms with Gasteiger partial charge in [0.25, 0.3) is 11.2 Å². The number of rotatable bonds is 6. The van der Waals surface area contributed by atoms with Gasteiger partial charge in [-0.3, -0.25) is 14.9 Å². The normalized spacial score (nSPS) is 11.0. The van der Waals surface area contributed by atoms with Crippen molar-refractivity contribution in [3.05, 3.63) is 68.4 Å². The average Bonchev–Trinajstić information content (AvgIpc) is 2.93. The molecule has 0 aliphatic heterocycles. The molecule has 0 unspecified atom stereocenters. The first-order chi connectivity index (χ1) is 11.6. The lowest BCUT2D eigenvalue weighted by Crippen LogP contribution is -2.07. The zero-order chi connectivity index (χ0) is 17.1. The Kier molecular flexibility index (Phi) is 4.41. The van der Waals surface area contributed by atoms with Gasteiger partial charge in [-0.1, -0.05) is 25.5 Å². The van der Waals surface area contributed by atoms with Crippen LogP contribution in [0.5, 0.6) is 0 Å². The summed E-state index contributed by atoms with van der Waals surface area (Å²) in [5.74, 6) is 0.863. The monoisotopic (exact) mass is 326 g/mol. The zero-order valence-electron chi connectivity index (χ0n) is 13.4. The van der Waals surface area contributed by atoms with Gasteiger partial charge < -0.3 is 9.55 Å². The molecule has 1 aromatic carbocycles. The van der Waals surface area contributed by atoms with Crippen LogP contribution in [0.1, 0.15) is 31.2 Å². The fraction of sp³-hybridized carbons (Fsp3) is 0.294. The lowest BCUT2D eigenvalue weighted by molar-refractivity contribution is -0.384. The van der Waals surface area contributed by atoms with Crippen molar-refractivity contribution in [2.45, 2.75) is 32.7 Å². The van der Waals surface area contributed by atoms with Gasteiger partial charge in [0.2, 0.25) is 0 Å². The average molecular weight is 326 g/mol. The zero-order valence-corrected chi connectivity index (χ0v) is 13.4. The summed E-state index contributed by atoms with van der Waals surface area (Å²) in [5.41, 5.74) is 2.01. The first-order valence-corrected chi connectivity index (χ1v) is 7.90. The van der Waals surface area contributed by atoms with E-state index in [1.807, 2.05) is 10.6 Å². The van der Waals surface area contributed by atoms with E-state index in [1.54, 1.807) is 18.3 Å². The number of pyridine rings is 1. The minimum absolute atomic E-state index is 0.0666. The molecular weight excluding hydrogens is 308 g/mol.